The van der Waals surface area contributed by atoms with E-state index in [1.54, 1.807) is 6.08 Å². The van der Waals surface area contributed by atoms with Crippen molar-refractivity contribution >= 4 is 11.9 Å². The Kier molecular flexibility index (Phi) is 50.6. The second-order valence-corrected chi connectivity index (χ2v) is 18.9. The second-order valence-electron chi connectivity index (χ2n) is 18.9. The zero-order valence-corrected chi connectivity index (χ0v) is 41.6. The molecule has 0 radical (unpaired) electrons. The average molecular weight is 874 g/mol. The Labute approximate surface area is 386 Å². The lowest BCUT2D eigenvalue weighted by Crippen LogP contribution is -2.45. The SMILES string of the molecule is CCCCCCCCCCCC/C=C/C(O)C(CO)NC(=O)CCCCCCCCC/C=C\CCCCCCCCOC(=O)CCCCCCCCCCCCCCCCCC. The highest BCUT2D eigenvalue weighted by atomic mass is 16.5. The molecule has 0 heterocycles. The summed E-state index contributed by atoms with van der Waals surface area (Å²) in [6.45, 7) is 4.88. The summed E-state index contributed by atoms with van der Waals surface area (Å²) < 4.78 is 5.47. The Morgan fingerprint density at radius 2 is 0.758 bits per heavy atom. The van der Waals surface area contributed by atoms with E-state index in [4.69, 9.17) is 4.74 Å². The van der Waals surface area contributed by atoms with E-state index in [0.29, 0.717) is 19.4 Å². The van der Waals surface area contributed by atoms with Crippen LogP contribution in [0.4, 0.5) is 0 Å². The van der Waals surface area contributed by atoms with Crippen molar-refractivity contribution < 1.29 is 24.5 Å². The van der Waals surface area contributed by atoms with Crippen LogP contribution in [0.1, 0.15) is 296 Å². The molecular formula is C56H107NO5. The summed E-state index contributed by atoms with van der Waals surface area (Å²) in [5, 5.41) is 23.0. The van der Waals surface area contributed by atoms with Gasteiger partial charge in [-0.15, -0.1) is 0 Å². The van der Waals surface area contributed by atoms with Crippen LogP contribution in [-0.4, -0.2) is 47.4 Å². The number of esters is 1. The highest BCUT2D eigenvalue weighted by molar-refractivity contribution is 5.76. The first-order valence-electron chi connectivity index (χ1n) is 27.6. The van der Waals surface area contributed by atoms with E-state index in [1.165, 1.54) is 212 Å². The van der Waals surface area contributed by atoms with E-state index in [9.17, 15) is 19.8 Å². The molecule has 0 fully saturated rings. The van der Waals surface area contributed by atoms with Crippen molar-refractivity contribution in [3.63, 3.8) is 0 Å². The lowest BCUT2D eigenvalue weighted by atomic mass is 10.0. The lowest BCUT2D eigenvalue weighted by Gasteiger charge is -2.20. The molecule has 2 atom stereocenters. The van der Waals surface area contributed by atoms with Crippen molar-refractivity contribution in [2.45, 2.75) is 309 Å². The first-order valence-corrected chi connectivity index (χ1v) is 27.6. The molecule has 0 aromatic carbocycles. The summed E-state index contributed by atoms with van der Waals surface area (Å²) in [7, 11) is 0. The number of amides is 1. The van der Waals surface area contributed by atoms with Crippen LogP contribution in [0.25, 0.3) is 0 Å². The molecule has 0 rings (SSSR count). The molecule has 366 valence electrons. The standard InChI is InChI=1S/C56H107NO5/c1-3-5-7-9-11-13-15-17-18-23-26-30-34-38-42-46-50-56(61)62-51-47-43-39-35-31-27-24-21-19-20-22-25-29-33-37-41-45-49-55(60)57-53(52-58)54(59)48-44-40-36-32-28-16-14-12-10-8-6-4-2/h19,21,44,48,53-54,58-59H,3-18,20,22-43,45-47,49-52H2,1-2H3,(H,57,60)/b21-19-,48-44+. The van der Waals surface area contributed by atoms with E-state index in [0.717, 1.165) is 57.8 Å². The van der Waals surface area contributed by atoms with Crippen LogP contribution < -0.4 is 5.32 Å². The van der Waals surface area contributed by atoms with Crippen molar-refractivity contribution in [3.8, 4) is 0 Å². The van der Waals surface area contributed by atoms with Gasteiger partial charge in [0.15, 0.2) is 0 Å². The maximum absolute atomic E-state index is 12.4. The van der Waals surface area contributed by atoms with Crippen LogP contribution in [0, 0.1) is 0 Å². The van der Waals surface area contributed by atoms with Gasteiger partial charge in [0.1, 0.15) is 0 Å². The Morgan fingerprint density at radius 1 is 0.435 bits per heavy atom. The maximum Gasteiger partial charge on any atom is 0.305 e. The van der Waals surface area contributed by atoms with Crippen LogP contribution in [0.2, 0.25) is 0 Å². The predicted octanol–water partition coefficient (Wildman–Crippen LogP) is 16.7. The minimum atomic E-state index is -0.850. The fourth-order valence-corrected chi connectivity index (χ4v) is 8.45. The normalized spacial score (nSPS) is 12.8. The lowest BCUT2D eigenvalue weighted by molar-refractivity contribution is -0.143. The first kappa shape index (κ1) is 60.3. The number of carbonyl (C=O) groups is 2. The number of nitrogens with one attached hydrogen (secondary N) is 1. The Hall–Kier alpha value is -1.66. The zero-order valence-electron chi connectivity index (χ0n) is 41.6. The summed E-state index contributed by atoms with van der Waals surface area (Å²) in [4.78, 5) is 24.5. The van der Waals surface area contributed by atoms with E-state index in [2.05, 4.69) is 31.3 Å². The second kappa shape index (κ2) is 52.0. The van der Waals surface area contributed by atoms with Gasteiger partial charge in [0.05, 0.1) is 25.4 Å². The van der Waals surface area contributed by atoms with Crippen molar-refractivity contribution in [2.24, 2.45) is 0 Å². The molecule has 0 spiro atoms. The summed E-state index contributed by atoms with van der Waals surface area (Å²) >= 11 is 0. The molecule has 6 heteroatoms. The summed E-state index contributed by atoms with van der Waals surface area (Å²) in [5.74, 6) is -0.0799. The molecule has 0 saturated heterocycles. The third-order valence-electron chi connectivity index (χ3n) is 12.7. The summed E-state index contributed by atoms with van der Waals surface area (Å²) in [5.41, 5.74) is 0. The minimum Gasteiger partial charge on any atom is -0.466 e. The molecule has 62 heavy (non-hydrogen) atoms. The molecule has 0 bridgehead atoms. The monoisotopic (exact) mass is 874 g/mol. The summed E-state index contributed by atoms with van der Waals surface area (Å²) in [6.07, 6.45) is 61.9. The van der Waals surface area contributed by atoms with Crippen molar-refractivity contribution in [3.05, 3.63) is 24.3 Å². The molecule has 0 aliphatic rings. The third kappa shape index (κ3) is 47.8. The van der Waals surface area contributed by atoms with Crippen molar-refractivity contribution in [1.82, 2.24) is 5.32 Å². The topological polar surface area (TPSA) is 95.9 Å². The molecule has 3 N–H and O–H groups in total. The van der Waals surface area contributed by atoms with Crippen LogP contribution in [0.5, 0.6) is 0 Å². The molecule has 0 aromatic heterocycles. The van der Waals surface area contributed by atoms with Crippen LogP contribution in [0.15, 0.2) is 24.3 Å². The first-order chi connectivity index (χ1) is 30.5. The van der Waals surface area contributed by atoms with Gasteiger partial charge in [0.25, 0.3) is 0 Å². The number of hydrogen-bond donors (Lipinski definition) is 3. The molecule has 6 nitrogen and oxygen atoms in total. The Morgan fingerprint density at radius 3 is 1.15 bits per heavy atom. The number of aliphatic hydroxyl groups excluding tert-OH is 2. The van der Waals surface area contributed by atoms with Gasteiger partial charge in [0.2, 0.25) is 5.91 Å². The van der Waals surface area contributed by atoms with E-state index in [1.807, 2.05) is 6.08 Å². The summed E-state index contributed by atoms with van der Waals surface area (Å²) in [6, 6.07) is -0.635. The van der Waals surface area contributed by atoms with Gasteiger partial charge < -0.3 is 20.3 Å². The van der Waals surface area contributed by atoms with Gasteiger partial charge in [-0.3, -0.25) is 9.59 Å². The number of carbonyl (C=O) groups excluding carboxylic acids is 2. The molecule has 0 aliphatic heterocycles. The fourth-order valence-electron chi connectivity index (χ4n) is 8.45. The van der Waals surface area contributed by atoms with Crippen molar-refractivity contribution in [1.29, 1.82) is 0 Å². The molecule has 1 amide bonds. The highest BCUT2D eigenvalue weighted by Gasteiger charge is 2.18. The average Bonchev–Trinajstić information content (AvgIpc) is 3.27. The van der Waals surface area contributed by atoms with Crippen LogP contribution in [0.3, 0.4) is 0 Å². The number of ether oxygens (including phenoxy) is 1. The predicted molar refractivity (Wildman–Crippen MR) is 269 cm³/mol. The van der Waals surface area contributed by atoms with Gasteiger partial charge in [-0.2, -0.15) is 0 Å². The fraction of sp³-hybridized carbons (Fsp3) is 0.893. The molecular weight excluding hydrogens is 767 g/mol. The number of hydrogen-bond acceptors (Lipinski definition) is 5. The van der Waals surface area contributed by atoms with Gasteiger partial charge in [-0.25, -0.2) is 0 Å². The number of unbranched alkanes of at least 4 members (excludes halogenated alkanes) is 38. The molecule has 0 aromatic rings. The van der Waals surface area contributed by atoms with Gasteiger partial charge >= 0.3 is 5.97 Å². The van der Waals surface area contributed by atoms with Crippen molar-refractivity contribution in [2.75, 3.05) is 13.2 Å². The van der Waals surface area contributed by atoms with Gasteiger partial charge in [0, 0.05) is 12.8 Å². The van der Waals surface area contributed by atoms with E-state index >= 15 is 0 Å². The molecule has 0 saturated carbocycles. The van der Waals surface area contributed by atoms with E-state index < -0.39 is 12.1 Å². The van der Waals surface area contributed by atoms with Crippen LogP contribution in [-0.2, 0) is 14.3 Å². The maximum atomic E-state index is 12.4. The third-order valence-corrected chi connectivity index (χ3v) is 12.7. The van der Waals surface area contributed by atoms with Gasteiger partial charge in [-0.1, -0.05) is 250 Å². The quantitative estimate of drug-likeness (QED) is 0.0321. The Balaban J connectivity index is 3.45. The molecule has 0 aliphatic carbocycles. The number of rotatable bonds is 51. The Bertz CT molecular complexity index is 966. The minimum absolute atomic E-state index is 0.000489. The smallest absolute Gasteiger partial charge is 0.305 e. The highest BCUT2D eigenvalue weighted by Crippen LogP contribution is 2.16. The van der Waals surface area contributed by atoms with Crippen LogP contribution >= 0.6 is 0 Å². The van der Waals surface area contributed by atoms with Gasteiger partial charge in [-0.05, 0) is 57.8 Å². The number of allylic oxidation sites excluding steroid dienone is 3. The zero-order chi connectivity index (χ0) is 45.1. The number of aliphatic hydroxyl groups is 2. The van der Waals surface area contributed by atoms with E-state index in [-0.39, 0.29) is 18.5 Å². The molecule has 2 unspecified atom stereocenters. The largest absolute Gasteiger partial charge is 0.466 e.